The largest absolute Gasteiger partial charge is 0.356 e. The number of amides is 1. The van der Waals surface area contributed by atoms with Gasteiger partial charge in [0.1, 0.15) is 0 Å². The van der Waals surface area contributed by atoms with Gasteiger partial charge in [0.25, 0.3) is 5.69 Å². The van der Waals surface area contributed by atoms with Crippen LogP contribution in [0.2, 0.25) is 0 Å². The van der Waals surface area contributed by atoms with E-state index >= 15 is 0 Å². The maximum absolute atomic E-state index is 12.0. The van der Waals surface area contributed by atoms with E-state index in [1.165, 1.54) is 12.1 Å². The van der Waals surface area contributed by atoms with E-state index < -0.39 is 4.92 Å². The van der Waals surface area contributed by atoms with Gasteiger partial charge in [0.2, 0.25) is 5.91 Å². The van der Waals surface area contributed by atoms with Gasteiger partial charge in [-0.05, 0) is 24.8 Å². The summed E-state index contributed by atoms with van der Waals surface area (Å²) in [5, 5.41) is 17.1. The monoisotopic (exact) mass is 515 g/mol. The van der Waals surface area contributed by atoms with Gasteiger partial charge in [0, 0.05) is 44.7 Å². The zero-order chi connectivity index (χ0) is 20.2. The van der Waals surface area contributed by atoms with E-state index in [0.717, 1.165) is 44.3 Å². The summed E-state index contributed by atoms with van der Waals surface area (Å²) >= 11 is 0. The highest BCUT2D eigenvalue weighted by atomic mass is 127. The van der Waals surface area contributed by atoms with Gasteiger partial charge in [0.15, 0.2) is 5.96 Å². The average molecular weight is 515 g/mol. The smallest absolute Gasteiger partial charge is 0.269 e. The number of rotatable bonds is 9. The van der Waals surface area contributed by atoms with Crippen LogP contribution in [-0.2, 0) is 11.3 Å². The van der Waals surface area contributed by atoms with Gasteiger partial charge in [-0.1, -0.05) is 24.6 Å². The summed E-state index contributed by atoms with van der Waals surface area (Å²) < 4.78 is 0. The Kier molecular flexibility index (Phi) is 11.9. The van der Waals surface area contributed by atoms with Crippen LogP contribution < -0.4 is 10.6 Å². The van der Waals surface area contributed by atoms with Crippen LogP contribution in [0.4, 0.5) is 5.69 Å². The summed E-state index contributed by atoms with van der Waals surface area (Å²) in [6.07, 6.45) is 6.47. The molecule has 0 radical (unpaired) electrons. The van der Waals surface area contributed by atoms with Crippen molar-refractivity contribution in [2.24, 2.45) is 4.99 Å². The van der Waals surface area contributed by atoms with Gasteiger partial charge < -0.3 is 15.5 Å². The number of hydrogen-bond acceptors (Lipinski definition) is 4. The van der Waals surface area contributed by atoms with Crippen LogP contribution in [0.1, 0.15) is 37.7 Å². The van der Waals surface area contributed by atoms with Crippen molar-refractivity contribution in [1.82, 2.24) is 15.5 Å². The van der Waals surface area contributed by atoms with Gasteiger partial charge in [-0.3, -0.25) is 14.9 Å². The third-order valence-electron chi connectivity index (χ3n) is 4.55. The first-order valence-corrected chi connectivity index (χ1v) is 9.74. The molecule has 29 heavy (non-hydrogen) atoms. The van der Waals surface area contributed by atoms with Crippen LogP contribution in [0.25, 0.3) is 0 Å². The number of carbonyl (C=O) groups excluding carboxylic acids is 1. The van der Waals surface area contributed by atoms with Gasteiger partial charge in [0.05, 0.1) is 11.5 Å². The first-order valence-electron chi connectivity index (χ1n) is 9.74. The average Bonchev–Trinajstić information content (AvgIpc) is 2.91. The molecule has 1 fully saturated rings. The van der Waals surface area contributed by atoms with E-state index in [1.54, 1.807) is 18.2 Å². The lowest BCUT2D eigenvalue weighted by atomic mass is 10.2. The number of benzene rings is 1. The van der Waals surface area contributed by atoms with E-state index in [2.05, 4.69) is 22.2 Å². The normalized spacial score (nSPS) is 14.6. The SMILES string of the molecule is C=CCNC(=NCc1ccc([N+](=O)[O-])cc1)NCCCN1CCCCCC1=O.I. The van der Waals surface area contributed by atoms with E-state index in [9.17, 15) is 14.9 Å². The summed E-state index contributed by atoms with van der Waals surface area (Å²) in [6, 6.07) is 6.37. The van der Waals surface area contributed by atoms with Crippen LogP contribution in [0.3, 0.4) is 0 Å². The second kappa shape index (κ2) is 13.9. The zero-order valence-electron chi connectivity index (χ0n) is 16.6. The van der Waals surface area contributed by atoms with Crippen molar-refractivity contribution in [3.05, 3.63) is 52.6 Å². The molecule has 0 spiro atoms. The number of aliphatic imine (C=N–C) groups is 1. The zero-order valence-corrected chi connectivity index (χ0v) is 19.0. The molecule has 9 heteroatoms. The highest BCUT2D eigenvalue weighted by Gasteiger charge is 2.15. The van der Waals surface area contributed by atoms with Crippen LogP contribution >= 0.6 is 24.0 Å². The van der Waals surface area contributed by atoms with Crippen molar-refractivity contribution in [1.29, 1.82) is 0 Å². The summed E-state index contributed by atoms with van der Waals surface area (Å²) in [4.78, 5) is 28.8. The molecule has 0 atom stereocenters. The Morgan fingerprint density at radius 2 is 2.00 bits per heavy atom. The number of non-ortho nitro benzene ring substituents is 1. The number of nitrogens with one attached hydrogen (secondary N) is 2. The molecule has 0 bridgehead atoms. The highest BCUT2D eigenvalue weighted by molar-refractivity contribution is 14.0. The van der Waals surface area contributed by atoms with Crippen molar-refractivity contribution in [2.45, 2.75) is 38.6 Å². The van der Waals surface area contributed by atoms with Crippen molar-refractivity contribution in [3.8, 4) is 0 Å². The van der Waals surface area contributed by atoms with Crippen molar-refractivity contribution >= 4 is 41.5 Å². The van der Waals surface area contributed by atoms with Crippen molar-refractivity contribution in [2.75, 3.05) is 26.2 Å². The van der Waals surface area contributed by atoms with Crippen LogP contribution in [0, 0.1) is 10.1 Å². The molecule has 0 unspecified atom stereocenters. The summed E-state index contributed by atoms with van der Waals surface area (Å²) in [6.45, 7) is 7.00. The predicted molar refractivity (Wildman–Crippen MR) is 126 cm³/mol. The minimum absolute atomic E-state index is 0. The quantitative estimate of drug-likeness (QED) is 0.100. The second-order valence-corrected chi connectivity index (χ2v) is 6.73. The van der Waals surface area contributed by atoms with E-state index in [1.807, 2.05) is 4.90 Å². The van der Waals surface area contributed by atoms with E-state index in [4.69, 9.17) is 0 Å². The third-order valence-corrected chi connectivity index (χ3v) is 4.55. The Hall–Kier alpha value is -2.17. The van der Waals surface area contributed by atoms with Gasteiger partial charge in [-0.25, -0.2) is 4.99 Å². The number of guanidine groups is 1. The molecule has 0 aliphatic carbocycles. The van der Waals surface area contributed by atoms with Crippen LogP contribution in [0.15, 0.2) is 41.9 Å². The number of nitro groups is 1. The fraction of sp³-hybridized carbons (Fsp3) is 0.500. The predicted octanol–water partition coefficient (Wildman–Crippen LogP) is 3.23. The first kappa shape index (κ1) is 24.9. The maximum atomic E-state index is 12.0. The Labute approximate surface area is 189 Å². The Morgan fingerprint density at radius 1 is 1.24 bits per heavy atom. The minimum Gasteiger partial charge on any atom is -0.356 e. The lowest BCUT2D eigenvalue weighted by Gasteiger charge is -2.20. The number of nitro benzene ring substituents is 1. The molecule has 1 aromatic rings. The van der Waals surface area contributed by atoms with Crippen LogP contribution in [0.5, 0.6) is 0 Å². The molecular weight excluding hydrogens is 485 g/mol. The molecule has 1 saturated heterocycles. The molecule has 0 saturated carbocycles. The number of hydrogen-bond donors (Lipinski definition) is 2. The fourth-order valence-corrected chi connectivity index (χ4v) is 2.99. The molecule has 1 heterocycles. The number of likely N-dealkylation sites (tertiary alicyclic amines) is 1. The Balaban J connectivity index is 0.00000420. The summed E-state index contributed by atoms with van der Waals surface area (Å²) in [7, 11) is 0. The molecular formula is C20H30IN5O3. The van der Waals surface area contributed by atoms with E-state index in [0.29, 0.717) is 32.0 Å². The number of nitrogens with zero attached hydrogens (tertiary/aromatic N) is 3. The standard InChI is InChI=1S/C20H29N5O3.HI/c1-2-12-21-20(23-16-17-8-10-18(11-9-17)25(27)28)22-13-6-15-24-14-5-3-4-7-19(24)26;/h2,8-11H,1,3-7,12-16H2,(H2,21,22,23);1H. The molecule has 8 nitrogen and oxygen atoms in total. The molecule has 160 valence electrons. The molecule has 1 amide bonds. The van der Waals surface area contributed by atoms with Crippen molar-refractivity contribution in [3.63, 3.8) is 0 Å². The number of halogens is 1. The van der Waals surface area contributed by atoms with Gasteiger partial charge in [-0.2, -0.15) is 0 Å². The topological polar surface area (TPSA) is 99.9 Å². The summed E-state index contributed by atoms with van der Waals surface area (Å²) in [5.74, 6) is 0.912. The number of carbonyl (C=O) groups is 1. The van der Waals surface area contributed by atoms with Crippen molar-refractivity contribution < 1.29 is 9.72 Å². The third kappa shape index (κ3) is 9.25. The molecule has 1 aliphatic heterocycles. The molecule has 2 N–H and O–H groups in total. The lowest BCUT2D eigenvalue weighted by molar-refractivity contribution is -0.384. The highest BCUT2D eigenvalue weighted by Crippen LogP contribution is 2.13. The fourth-order valence-electron chi connectivity index (χ4n) is 2.99. The van der Waals surface area contributed by atoms with Gasteiger partial charge >= 0.3 is 0 Å². The molecule has 1 aromatic carbocycles. The van der Waals surface area contributed by atoms with Gasteiger partial charge in [-0.15, -0.1) is 30.6 Å². The summed E-state index contributed by atoms with van der Waals surface area (Å²) in [5.41, 5.74) is 0.958. The molecule has 2 rings (SSSR count). The maximum Gasteiger partial charge on any atom is 0.269 e. The minimum atomic E-state index is -0.416. The second-order valence-electron chi connectivity index (χ2n) is 6.73. The molecule has 1 aliphatic rings. The van der Waals surface area contributed by atoms with E-state index in [-0.39, 0.29) is 35.6 Å². The Bertz CT molecular complexity index is 694. The molecule has 0 aromatic heterocycles. The Morgan fingerprint density at radius 3 is 2.69 bits per heavy atom. The van der Waals surface area contributed by atoms with Crippen LogP contribution in [-0.4, -0.2) is 47.9 Å². The lowest BCUT2D eigenvalue weighted by Crippen LogP contribution is -2.39. The first-order chi connectivity index (χ1) is 13.6.